The largest absolute Gasteiger partial charge is 0.458 e. The molecule has 172 valence electrons. The lowest BCUT2D eigenvalue weighted by Gasteiger charge is -2.18. The fourth-order valence-electron chi connectivity index (χ4n) is 4.03. The zero-order chi connectivity index (χ0) is 23.7. The first kappa shape index (κ1) is 21.8. The number of amides is 3. The van der Waals surface area contributed by atoms with E-state index in [2.05, 4.69) is 15.6 Å². The minimum Gasteiger partial charge on any atom is -0.458 e. The Morgan fingerprint density at radius 3 is 2.82 bits per heavy atom. The van der Waals surface area contributed by atoms with Gasteiger partial charge in [0.05, 0.1) is 18.2 Å². The number of hydrogen-bond donors (Lipinski definition) is 2. The number of aromatic nitrogens is 1. The van der Waals surface area contributed by atoms with Gasteiger partial charge in [-0.05, 0) is 23.6 Å². The van der Waals surface area contributed by atoms with Crippen molar-refractivity contribution >= 4 is 50.6 Å². The molecule has 5 rings (SSSR count). The Balaban J connectivity index is 1.25. The lowest BCUT2D eigenvalue weighted by molar-refractivity contribution is -0.122. The summed E-state index contributed by atoms with van der Waals surface area (Å²) in [4.78, 5) is 42.9. The van der Waals surface area contributed by atoms with Gasteiger partial charge in [0.25, 0.3) is 0 Å². The second kappa shape index (κ2) is 9.11. The summed E-state index contributed by atoms with van der Waals surface area (Å²) in [6.45, 7) is 2.06. The number of furan rings is 1. The maximum absolute atomic E-state index is 12.9. The molecule has 1 aliphatic rings. The van der Waals surface area contributed by atoms with Gasteiger partial charge in [0, 0.05) is 30.7 Å². The molecule has 0 bridgehead atoms. The van der Waals surface area contributed by atoms with Crippen molar-refractivity contribution in [2.24, 2.45) is 5.92 Å². The van der Waals surface area contributed by atoms with Crippen LogP contribution in [0.1, 0.15) is 19.1 Å². The van der Waals surface area contributed by atoms with Crippen molar-refractivity contribution in [3.05, 3.63) is 65.7 Å². The molecule has 1 saturated heterocycles. The molecule has 8 nitrogen and oxygen atoms in total. The Labute approximate surface area is 199 Å². The summed E-state index contributed by atoms with van der Waals surface area (Å²) in [5, 5.41) is 9.79. The summed E-state index contributed by atoms with van der Waals surface area (Å²) in [6, 6.07) is 17.3. The standard InChI is InChI=1S/C25H22N4O4S/c1-15(30)26-12-18-9-10-22(33-18)20-14-34-25(27-20)28-24(32)17-11-23(31)29(13-17)21-8-4-6-16-5-2-3-7-19(16)21/h2-10,14,17H,11-13H2,1H3,(H,26,30)(H,27,28,32). The third-order valence-corrected chi connectivity index (χ3v) is 6.47. The van der Waals surface area contributed by atoms with Crippen LogP contribution in [0.4, 0.5) is 10.8 Å². The van der Waals surface area contributed by atoms with Crippen molar-refractivity contribution in [1.82, 2.24) is 10.3 Å². The quantitative estimate of drug-likeness (QED) is 0.436. The van der Waals surface area contributed by atoms with Gasteiger partial charge in [-0.3, -0.25) is 14.4 Å². The van der Waals surface area contributed by atoms with E-state index in [-0.39, 0.29) is 24.1 Å². The van der Waals surface area contributed by atoms with Gasteiger partial charge >= 0.3 is 0 Å². The molecule has 0 saturated carbocycles. The fourth-order valence-corrected chi connectivity index (χ4v) is 4.74. The Kier molecular flexibility index (Phi) is 5.85. The highest BCUT2D eigenvalue weighted by Gasteiger charge is 2.36. The predicted octanol–water partition coefficient (Wildman–Crippen LogP) is 4.18. The molecule has 1 atom stereocenters. The van der Waals surface area contributed by atoms with Crippen molar-refractivity contribution in [3.63, 3.8) is 0 Å². The number of carbonyl (C=O) groups excluding carboxylic acids is 3. The summed E-state index contributed by atoms with van der Waals surface area (Å²) in [7, 11) is 0. The zero-order valence-electron chi connectivity index (χ0n) is 18.4. The lowest BCUT2D eigenvalue weighted by atomic mass is 10.1. The van der Waals surface area contributed by atoms with Crippen LogP contribution in [-0.4, -0.2) is 29.3 Å². The second-order valence-electron chi connectivity index (χ2n) is 8.11. The number of thiazole rings is 1. The molecule has 3 heterocycles. The Morgan fingerprint density at radius 1 is 1.15 bits per heavy atom. The zero-order valence-corrected chi connectivity index (χ0v) is 19.2. The van der Waals surface area contributed by atoms with Gasteiger partial charge in [-0.2, -0.15) is 0 Å². The highest BCUT2D eigenvalue weighted by Crippen LogP contribution is 2.33. The van der Waals surface area contributed by atoms with Crippen molar-refractivity contribution < 1.29 is 18.8 Å². The first-order valence-corrected chi connectivity index (χ1v) is 11.7. The second-order valence-corrected chi connectivity index (χ2v) is 8.96. The van der Waals surface area contributed by atoms with E-state index in [9.17, 15) is 14.4 Å². The van der Waals surface area contributed by atoms with Gasteiger partial charge in [-0.1, -0.05) is 36.4 Å². The highest BCUT2D eigenvalue weighted by molar-refractivity contribution is 7.14. The SMILES string of the molecule is CC(=O)NCc1ccc(-c2csc(NC(=O)C3CC(=O)N(c4cccc5ccccc45)C3)n2)o1. The molecule has 0 radical (unpaired) electrons. The first-order chi connectivity index (χ1) is 16.5. The third-order valence-electron chi connectivity index (χ3n) is 5.71. The number of rotatable bonds is 6. The molecular weight excluding hydrogens is 452 g/mol. The van der Waals surface area contributed by atoms with Crippen molar-refractivity contribution in [3.8, 4) is 11.5 Å². The Bertz CT molecular complexity index is 1390. The van der Waals surface area contributed by atoms with E-state index in [0.717, 1.165) is 16.5 Å². The van der Waals surface area contributed by atoms with E-state index in [1.807, 2.05) is 42.5 Å². The highest BCUT2D eigenvalue weighted by atomic mass is 32.1. The van der Waals surface area contributed by atoms with Gasteiger partial charge in [0.15, 0.2) is 10.9 Å². The smallest absolute Gasteiger partial charge is 0.231 e. The van der Waals surface area contributed by atoms with E-state index in [4.69, 9.17) is 4.42 Å². The summed E-state index contributed by atoms with van der Waals surface area (Å²) in [6.07, 6.45) is 0.151. The van der Waals surface area contributed by atoms with E-state index in [0.29, 0.717) is 35.4 Å². The maximum atomic E-state index is 12.9. The number of carbonyl (C=O) groups is 3. The molecule has 2 aromatic heterocycles. The van der Waals surface area contributed by atoms with E-state index < -0.39 is 5.92 Å². The van der Waals surface area contributed by atoms with Crippen LogP contribution in [0.5, 0.6) is 0 Å². The average Bonchev–Trinajstić information content (AvgIpc) is 3.57. The van der Waals surface area contributed by atoms with E-state index >= 15 is 0 Å². The monoisotopic (exact) mass is 474 g/mol. The van der Waals surface area contributed by atoms with Crippen LogP contribution in [0.25, 0.3) is 22.2 Å². The molecule has 4 aromatic rings. The number of nitrogens with one attached hydrogen (secondary N) is 2. The van der Waals surface area contributed by atoms with Crippen molar-refractivity contribution in [2.75, 3.05) is 16.8 Å². The molecule has 2 aromatic carbocycles. The fraction of sp³-hybridized carbons (Fsp3) is 0.200. The Morgan fingerprint density at radius 2 is 1.97 bits per heavy atom. The van der Waals surface area contributed by atoms with Crippen LogP contribution < -0.4 is 15.5 Å². The first-order valence-electron chi connectivity index (χ1n) is 10.9. The van der Waals surface area contributed by atoms with Crippen LogP contribution >= 0.6 is 11.3 Å². The third kappa shape index (κ3) is 4.42. The molecule has 1 aliphatic heterocycles. The van der Waals surface area contributed by atoms with Gasteiger partial charge in [-0.15, -0.1) is 11.3 Å². The van der Waals surface area contributed by atoms with Gasteiger partial charge < -0.3 is 20.0 Å². The summed E-state index contributed by atoms with van der Waals surface area (Å²) < 4.78 is 5.72. The van der Waals surface area contributed by atoms with E-state index in [1.54, 1.807) is 22.4 Å². The molecular formula is C25H22N4O4S. The van der Waals surface area contributed by atoms with Crippen LogP contribution in [0.2, 0.25) is 0 Å². The topological polar surface area (TPSA) is 105 Å². The molecule has 3 amide bonds. The number of benzene rings is 2. The number of anilines is 2. The van der Waals surface area contributed by atoms with Crippen LogP contribution in [0.3, 0.4) is 0 Å². The molecule has 34 heavy (non-hydrogen) atoms. The summed E-state index contributed by atoms with van der Waals surface area (Å²) >= 11 is 1.29. The summed E-state index contributed by atoms with van der Waals surface area (Å²) in [5.41, 5.74) is 1.41. The maximum Gasteiger partial charge on any atom is 0.231 e. The molecule has 1 unspecified atom stereocenters. The molecule has 9 heteroatoms. The molecule has 1 fully saturated rings. The minimum absolute atomic E-state index is 0.0707. The molecule has 2 N–H and O–H groups in total. The summed E-state index contributed by atoms with van der Waals surface area (Å²) in [5.74, 6) is 0.256. The van der Waals surface area contributed by atoms with Crippen LogP contribution in [-0.2, 0) is 20.9 Å². The van der Waals surface area contributed by atoms with Crippen molar-refractivity contribution in [2.45, 2.75) is 19.9 Å². The predicted molar refractivity (Wildman–Crippen MR) is 130 cm³/mol. The minimum atomic E-state index is -0.466. The van der Waals surface area contributed by atoms with E-state index in [1.165, 1.54) is 18.3 Å². The Hall–Kier alpha value is -3.98. The average molecular weight is 475 g/mol. The van der Waals surface area contributed by atoms with Gasteiger partial charge in [0.1, 0.15) is 11.5 Å². The van der Waals surface area contributed by atoms with Crippen molar-refractivity contribution in [1.29, 1.82) is 0 Å². The number of nitrogens with zero attached hydrogens (tertiary/aromatic N) is 2. The number of fused-ring (bicyclic) bond motifs is 1. The lowest BCUT2D eigenvalue weighted by Crippen LogP contribution is -2.28. The molecule has 0 spiro atoms. The van der Waals surface area contributed by atoms with Gasteiger partial charge in [0.2, 0.25) is 17.7 Å². The van der Waals surface area contributed by atoms with Gasteiger partial charge in [-0.25, -0.2) is 4.98 Å². The van der Waals surface area contributed by atoms with Crippen LogP contribution in [0, 0.1) is 5.92 Å². The molecule has 0 aliphatic carbocycles. The number of hydrogen-bond acceptors (Lipinski definition) is 6. The normalized spacial score (nSPS) is 15.6. The van der Waals surface area contributed by atoms with Crippen LogP contribution in [0.15, 0.2) is 64.4 Å².